The van der Waals surface area contributed by atoms with Gasteiger partial charge in [-0.05, 0) is 62.6 Å². The molecule has 9 heteroatoms. The molecule has 0 aliphatic rings. The second-order valence-electron chi connectivity index (χ2n) is 8.32. The Balaban J connectivity index is 1.79. The monoisotopic (exact) mass is 504 g/mol. The third-order valence-corrected chi connectivity index (χ3v) is 7.19. The largest absolute Gasteiger partial charge is 0.416 e. The maximum absolute atomic E-state index is 13.4. The van der Waals surface area contributed by atoms with Gasteiger partial charge < -0.3 is 5.32 Å². The molecule has 0 saturated carbocycles. The molecule has 0 saturated heterocycles. The fourth-order valence-corrected chi connectivity index (χ4v) is 4.98. The molecule has 1 N–H and O–H groups in total. The van der Waals surface area contributed by atoms with Crippen molar-refractivity contribution in [2.45, 2.75) is 37.8 Å². The number of rotatable bonds is 9. The Kier molecular flexibility index (Phi) is 8.22. The van der Waals surface area contributed by atoms with Crippen LogP contribution in [-0.2, 0) is 27.4 Å². The van der Waals surface area contributed by atoms with Gasteiger partial charge in [-0.2, -0.15) is 13.2 Å². The first kappa shape index (κ1) is 26.3. The zero-order valence-electron chi connectivity index (χ0n) is 19.5. The molecule has 3 aromatic carbocycles. The molecule has 0 unspecified atom stereocenters. The lowest BCUT2D eigenvalue weighted by molar-refractivity contribution is -0.137. The van der Waals surface area contributed by atoms with Gasteiger partial charge in [-0.3, -0.25) is 9.10 Å². The number of aryl methyl sites for hydroxylation is 3. The average molecular weight is 505 g/mol. The number of carbonyl (C=O) groups is 1. The number of amides is 1. The van der Waals surface area contributed by atoms with E-state index < -0.39 is 34.2 Å². The Morgan fingerprint density at radius 2 is 1.60 bits per heavy atom. The standard InChI is InChI=1S/C26H27F3N2O3S/c1-19-11-13-24(14-12-19)35(33,34)31(23-10-4-9-22(17-23)26(27,28)29)18-25(32)30-15-5-8-21-7-3-6-20(2)16-21/h3-4,6-7,9-14,16-17H,5,8,15,18H2,1-2H3,(H,30,32). The third kappa shape index (κ3) is 7.08. The second kappa shape index (κ2) is 10.9. The molecule has 0 aromatic heterocycles. The fourth-order valence-electron chi connectivity index (χ4n) is 3.56. The van der Waals surface area contributed by atoms with Crippen LogP contribution >= 0.6 is 0 Å². The number of nitrogens with zero attached hydrogens (tertiary/aromatic N) is 1. The van der Waals surface area contributed by atoms with Crippen molar-refractivity contribution in [2.24, 2.45) is 0 Å². The normalized spacial score (nSPS) is 11.8. The first-order valence-corrected chi connectivity index (χ1v) is 12.5. The van der Waals surface area contributed by atoms with Gasteiger partial charge in [-0.15, -0.1) is 0 Å². The molecule has 0 bridgehead atoms. The SMILES string of the molecule is Cc1ccc(S(=O)(=O)N(CC(=O)NCCCc2cccc(C)c2)c2cccc(C(F)(F)F)c2)cc1. The molecule has 0 aliphatic heterocycles. The van der Waals surface area contributed by atoms with Gasteiger partial charge in [0.25, 0.3) is 10.0 Å². The van der Waals surface area contributed by atoms with Crippen LogP contribution in [0, 0.1) is 13.8 Å². The van der Waals surface area contributed by atoms with Crippen LogP contribution < -0.4 is 9.62 Å². The average Bonchev–Trinajstić information content (AvgIpc) is 2.80. The number of hydrogen-bond acceptors (Lipinski definition) is 3. The lowest BCUT2D eigenvalue weighted by atomic mass is 10.1. The van der Waals surface area contributed by atoms with Gasteiger partial charge in [-0.25, -0.2) is 8.42 Å². The summed E-state index contributed by atoms with van der Waals surface area (Å²) < 4.78 is 67.3. The van der Waals surface area contributed by atoms with Gasteiger partial charge in [-0.1, -0.05) is 53.6 Å². The van der Waals surface area contributed by atoms with Crippen molar-refractivity contribution in [2.75, 3.05) is 17.4 Å². The summed E-state index contributed by atoms with van der Waals surface area (Å²) >= 11 is 0. The summed E-state index contributed by atoms with van der Waals surface area (Å²) in [5.74, 6) is -0.609. The summed E-state index contributed by atoms with van der Waals surface area (Å²) in [6.45, 7) is 3.42. The summed E-state index contributed by atoms with van der Waals surface area (Å²) in [6.07, 6.45) is -3.31. The van der Waals surface area contributed by atoms with E-state index in [0.717, 1.165) is 41.3 Å². The number of alkyl halides is 3. The van der Waals surface area contributed by atoms with Crippen LogP contribution in [0.2, 0.25) is 0 Å². The minimum absolute atomic E-state index is 0.118. The quantitative estimate of drug-likeness (QED) is 0.404. The molecular formula is C26H27F3N2O3S. The predicted octanol–water partition coefficient (Wildman–Crippen LogP) is 5.27. The van der Waals surface area contributed by atoms with Crippen LogP contribution in [0.3, 0.4) is 0 Å². The van der Waals surface area contributed by atoms with E-state index >= 15 is 0 Å². The molecule has 35 heavy (non-hydrogen) atoms. The van der Waals surface area contributed by atoms with Crippen LogP contribution in [0.4, 0.5) is 18.9 Å². The van der Waals surface area contributed by atoms with Gasteiger partial charge in [0.15, 0.2) is 0 Å². The van der Waals surface area contributed by atoms with E-state index in [9.17, 15) is 26.4 Å². The van der Waals surface area contributed by atoms with Crippen molar-refractivity contribution in [1.29, 1.82) is 0 Å². The highest BCUT2D eigenvalue weighted by Gasteiger charge is 2.33. The van der Waals surface area contributed by atoms with E-state index in [-0.39, 0.29) is 10.6 Å². The predicted molar refractivity (Wildman–Crippen MR) is 130 cm³/mol. The first-order chi connectivity index (χ1) is 16.5. The summed E-state index contributed by atoms with van der Waals surface area (Å²) in [5, 5.41) is 2.68. The molecule has 0 spiro atoms. The smallest absolute Gasteiger partial charge is 0.355 e. The number of nitrogens with one attached hydrogen (secondary N) is 1. The number of benzene rings is 3. The number of hydrogen-bond donors (Lipinski definition) is 1. The van der Waals surface area contributed by atoms with E-state index in [0.29, 0.717) is 17.3 Å². The Morgan fingerprint density at radius 1 is 0.914 bits per heavy atom. The highest BCUT2D eigenvalue weighted by atomic mass is 32.2. The second-order valence-corrected chi connectivity index (χ2v) is 10.2. The highest BCUT2D eigenvalue weighted by Crippen LogP contribution is 2.33. The van der Waals surface area contributed by atoms with Crippen LogP contribution in [0.25, 0.3) is 0 Å². The lowest BCUT2D eigenvalue weighted by Gasteiger charge is -2.25. The van der Waals surface area contributed by atoms with E-state index in [2.05, 4.69) is 5.32 Å². The molecule has 0 aliphatic carbocycles. The van der Waals surface area contributed by atoms with Crippen molar-refractivity contribution < 1.29 is 26.4 Å². The topological polar surface area (TPSA) is 66.5 Å². The van der Waals surface area contributed by atoms with Crippen molar-refractivity contribution in [3.05, 3.63) is 95.1 Å². The van der Waals surface area contributed by atoms with Crippen molar-refractivity contribution in [3.63, 3.8) is 0 Å². The Morgan fingerprint density at radius 3 is 2.26 bits per heavy atom. The molecule has 186 valence electrons. The highest BCUT2D eigenvalue weighted by molar-refractivity contribution is 7.92. The van der Waals surface area contributed by atoms with Crippen molar-refractivity contribution >= 4 is 21.6 Å². The molecule has 3 rings (SSSR count). The van der Waals surface area contributed by atoms with E-state index in [4.69, 9.17) is 0 Å². The number of halogens is 3. The summed E-state index contributed by atoms with van der Waals surface area (Å²) in [6, 6.07) is 17.8. The first-order valence-electron chi connectivity index (χ1n) is 11.1. The van der Waals surface area contributed by atoms with Crippen molar-refractivity contribution in [3.8, 4) is 0 Å². The zero-order chi connectivity index (χ0) is 25.6. The number of sulfonamides is 1. The van der Waals surface area contributed by atoms with Gasteiger partial charge in [0.2, 0.25) is 5.91 Å². The fraction of sp³-hybridized carbons (Fsp3) is 0.269. The van der Waals surface area contributed by atoms with E-state index in [1.54, 1.807) is 19.1 Å². The van der Waals surface area contributed by atoms with Gasteiger partial charge in [0.05, 0.1) is 16.1 Å². The number of carbonyl (C=O) groups excluding carboxylic acids is 1. The molecular weight excluding hydrogens is 477 g/mol. The van der Waals surface area contributed by atoms with Gasteiger partial charge in [0, 0.05) is 6.54 Å². The third-order valence-electron chi connectivity index (χ3n) is 5.40. The molecule has 3 aromatic rings. The van der Waals surface area contributed by atoms with Gasteiger partial charge >= 0.3 is 6.18 Å². The van der Waals surface area contributed by atoms with E-state index in [1.807, 2.05) is 31.2 Å². The molecule has 0 atom stereocenters. The Labute approximate surface area is 203 Å². The zero-order valence-corrected chi connectivity index (χ0v) is 20.3. The van der Waals surface area contributed by atoms with Gasteiger partial charge in [0.1, 0.15) is 6.54 Å². The Hall–Kier alpha value is -3.33. The molecule has 0 heterocycles. The molecule has 5 nitrogen and oxygen atoms in total. The minimum Gasteiger partial charge on any atom is -0.355 e. The molecule has 0 fully saturated rings. The minimum atomic E-state index is -4.66. The van der Waals surface area contributed by atoms with Crippen LogP contribution in [-0.4, -0.2) is 27.4 Å². The molecule has 0 radical (unpaired) electrons. The van der Waals surface area contributed by atoms with Crippen LogP contribution in [0.15, 0.2) is 77.7 Å². The van der Waals surface area contributed by atoms with Crippen LogP contribution in [0.1, 0.15) is 28.7 Å². The maximum atomic E-state index is 13.4. The summed E-state index contributed by atoms with van der Waals surface area (Å²) in [7, 11) is -4.30. The number of anilines is 1. The summed E-state index contributed by atoms with van der Waals surface area (Å²) in [4.78, 5) is 12.5. The van der Waals surface area contributed by atoms with Crippen molar-refractivity contribution in [1.82, 2.24) is 5.32 Å². The van der Waals surface area contributed by atoms with Crippen LogP contribution in [0.5, 0.6) is 0 Å². The molecule has 1 amide bonds. The Bertz CT molecular complexity index is 1270. The lowest BCUT2D eigenvalue weighted by Crippen LogP contribution is -2.41. The summed E-state index contributed by atoms with van der Waals surface area (Å²) in [5.41, 5.74) is 1.82. The van der Waals surface area contributed by atoms with E-state index in [1.165, 1.54) is 18.2 Å². The maximum Gasteiger partial charge on any atom is 0.416 e.